The van der Waals surface area contributed by atoms with Gasteiger partial charge in [0.25, 0.3) is 5.91 Å². The summed E-state index contributed by atoms with van der Waals surface area (Å²) in [6, 6.07) is 5.71. The van der Waals surface area contributed by atoms with Gasteiger partial charge in [0.1, 0.15) is 12.2 Å². The number of ether oxygens (including phenoxy) is 2. The molecule has 0 aliphatic carbocycles. The maximum absolute atomic E-state index is 12.6. The van der Waals surface area contributed by atoms with Crippen LogP contribution in [0, 0.1) is 5.92 Å². The van der Waals surface area contributed by atoms with Crippen molar-refractivity contribution in [3.63, 3.8) is 0 Å². The number of piperidine rings is 1. The highest BCUT2D eigenvalue weighted by molar-refractivity contribution is 5.95. The largest absolute Gasteiger partial charge is 0.483 e. The van der Waals surface area contributed by atoms with E-state index in [-0.39, 0.29) is 24.2 Å². The molecule has 0 saturated carbocycles. The van der Waals surface area contributed by atoms with Gasteiger partial charge < -0.3 is 19.7 Å². The fourth-order valence-corrected chi connectivity index (χ4v) is 3.86. The molecule has 0 aromatic heterocycles. The molecule has 1 amide bonds. The molecule has 1 unspecified atom stereocenters. The maximum Gasteiger partial charge on any atom is 0.251 e. The van der Waals surface area contributed by atoms with Gasteiger partial charge in [0.05, 0.1) is 0 Å². The quantitative estimate of drug-likeness (QED) is 0.907. The summed E-state index contributed by atoms with van der Waals surface area (Å²) in [6.45, 7) is 7.32. The van der Waals surface area contributed by atoms with Crippen molar-refractivity contribution in [1.29, 1.82) is 0 Å². The highest BCUT2D eigenvalue weighted by Crippen LogP contribution is 2.35. The van der Waals surface area contributed by atoms with Crippen LogP contribution in [0.15, 0.2) is 18.2 Å². The van der Waals surface area contributed by atoms with E-state index >= 15 is 0 Å². The van der Waals surface area contributed by atoms with Crippen LogP contribution in [0.3, 0.4) is 0 Å². The SMILES string of the molecule is C[C@H]1Oc2ccc(C(=O)N[C@H]3C[C@@H]4CCN(C4)C3)cc2O[C@@H]1C. The van der Waals surface area contributed by atoms with Gasteiger partial charge in [-0.1, -0.05) is 0 Å². The van der Waals surface area contributed by atoms with Crippen molar-refractivity contribution >= 4 is 5.91 Å². The van der Waals surface area contributed by atoms with E-state index in [1.807, 2.05) is 26.0 Å². The molecule has 3 heterocycles. The molecule has 2 bridgehead atoms. The van der Waals surface area contributed by atoms with E-state index in [0.29, 0.717) is 17.1 Å². The number of fused-ring (bicyclic) bond motifs is 3. The Balaban J connectivity index is 1.45. The average molecular weight is 316 g/mol. The third-order valence-electron chi connectivity index (χ3n) is 5.29. The molecule has 0 radical (unpaired) electrons. The number of nitrogens with zero attached hydrogens (tertiary/aromatic N) is 1. The summed E-state index contributed by atoms with van der Waals surface area (Å²) in [4.78, 5) is 15.0. The van der Waals surface area contributed by atoms with Crippen molar-refractivity contribution in [1.82, 2.24) is 10.2 Å². The van der Waals surface area contributed by atoms with E-state index in [9.17, 15) is 4.79 Å². The summed E-state index contributed by atoms with van der Waals surface area (Å²) in [6.07, 6.45) is 2.38. The first-order valence-corrected chi connectivity index (χ1v) is 8.59. The number of amides is 1. The molecule has 0 spiro atoms. The van der Waals surface area contributed by atoms with Gasteiger partial charge in [0, 0.05) is 24.7 Å². The molecular formula is C18H24N2O3. The van der Waals surface area contributed by atoms with E-state index in [0.717, 1.165) is 18.9 Å². The van der Waals surface area contributed by atoms with Crippen molar-refractivity contribution in [2.24, 2.45) is 5.92 Å². The van der Waals surface area contributed by atoms with E-state index in [1.165, 1.54) is 19.5 Å². The minimum absolute atomic E-state index is 0.0115. The second-order valence-corrected chi connectivity index (χ2v) is 7.13. The summed E-state index contributed by atoms with van der Waals surface area (Å²) in [5, 5.41) is 3.19. The van der Waals surface area contributed by atoms with Crippen LogP contribution in [0.4, 0.5) is 0 Å². The molecule has 1 aromatic carbocycles. The monoisotopic (exact) mass is 316 g/mol. The fourth-order valence-electron chi connectivity index (χ4n) is 3.86. The van der Waals surface area contributed by atoms with E-state index in [1.54, 1.807) is 6.07 Å². The van der Waals surface area contributed by atoms with Gasteiger partial charge in [0.15, 0.2) is 11.5 Å². The highest BCUT2D eigenvalue weighted by atomic mass is 16.6. The van der Waals surface area contributed by atoms with Gasteiger partial charge in [-0.25, -0.2) is 0 Å². The molecule has 4 rings (SSSR count). The van der Waals surface area contributed by atoms with Crippen LogP contribution in [0.1, 0.15) is 37.0 Å². The number of carbonyl (C=O) groups excluding carboxylic acids is 1. The van der Waals surface area contributed by atoms with Crippen LogP contribution in [-0.4, -0.2) is 48.7 Å². The van der Waals surface area contributed by atoms with Crippen LogP contribution in [-0.2, 0) is 0 Å². The molecule has 3 aliphatic heterocycles. The summed E-state index contributed by atoms with van der Waals surface area (Å²) in [5.41, 5.74) is 0.641. The molecule has 124 valence electrons. The number of rotatable bonds is 2. The maximum atomic E-state index is 12.6. The van der Waals surface area contributed by atoms with Crippen LogP contribution >= 0.6 is 0 Å². The molecule has 5 heteroatoms. The van der Waals surface area contributed by atoms with E-state index in [2.05, 4.69) is 10.2 Å². The Labute approximate surface area is 136 Å². The minimum atomic E-state index is -0.0184. The Kier molecular flexibility index (Phi) is 3.68. The Bertz CT molecular complexity index is 606. The topological polar surface area (TPSA) is 50.8 Å². The molecule has 5 nitrogen and oxygen atoms in total. The predicted octanol–water partition coefficient (Wildman–Crippen LogP) is 2.06. The van der Waals surface area contributed by atoms with E-state index in [4.69, 9.17) is 9.47 Å². The molecule has 5 atom stereocenters. The summed E-state index contributed by atoms with van der Waals surface area (Å²) < 4.78 is 11.7. The number of hydrogen-bond acceptors (Lipinski definition) is 4. The first kappa shape index (κ1) is 14.8. The number of hydrogen-bond donors (Lipinski definition) is 1. The van der Waals surface area contributed by atoms with Gasteiger partial charge in [-0.3, -0.25) is 4.79 Å². The van der Waals surface area contributed by atoms with Gasteiger partial charge in [-0.05, 0) is 57.4 Å². The Morgan fingerprint density at radius 2 is 1.96 bits per heavy atom. The zero-order valence-corrected chi connectivity index (χ0v) is 13.7. The molecule has 1 aromatic rings. The fraction of sp³-hybridized carbons (Fsp3) is 0.611. The van der Waals surface area contributed by atoms with Gasteiger partial charge in [-0.2, -0.15) is 0 Å². The second kappa shape index (κ2) is 5.71. The zero-order chi connectivity index (χ0) is 16.0. The van der Waals surface area contributed by atoms with Crippen molar-refractivity contribution in [3.05, 3.63) is 23.8 Å². The Morgan fingerprint density at radius 3 is 2.74 bits per heavy atom. The van der Waals surface area contributed by atoms with Gasteiger partial charge >= 0.3 is 0 Å². The smallest absolute Gasteiger partial charge is 0.251 e. The number of nitrogens with one attached hydrogen (secondary N) is 1. The van der Waals surface area contributed by atoms with Crippen molar-refractivity contribution in [2.75, 3.05) is 19.6 Å². The van der Waals surface area contributed by atoms with Crippen molar-refractivity contribution < 1.29 is 14.3 Å². The van der Waals surface area contributed by atoms with Crippen LogP contribution in [0.2, 0.25) is 0 Å². The summed E-state index contributed by atoms with van der Waals surface area (Å²) in [7, 11) is 0. The predicted molar refractivity (Wildman–Crippen MR) is 87.0 cm³/mol. The lowest BCUT2D eigenvalue weighted by Gasteiger charge is -2.31. The lowest BCUT2D eigenvalue weighted by Crippen LogP contribution is -2.47. The minimum Gasteiger partial charge on any atom is -0.483 e. The first-order chi connectivity index (χ1) is 11.1. The molecule has 1 N–H and O–H groups in total. The number of carbonyl (C=O) groups is 1. The van der Waals surface area contributed by atoms with Crippen LogP contribution < -0.4 is 14.8 Å². The van der Waals surface area contributed by atoms with Gasteiger partial charge in [-0.15, -0.1) is 0 Å². The zero-order valence-electron chi connectivity index (χ0n) is 13.7. The Hall–Kier alpha value is -1.75. The Morgan fingerprint density at radius 1 is 1.17 bits per heavy atom. The first-order valence-electron chi connectivity index (χ1n) is 8.59. The molecule has 23 heavy (non-hydrogen) atoms. The molecule has 2 fully saturated rings. The van der Waals surface area contributed by atoms with Crippen LogP contribution in [0.25, 0.3) is 0 Å². The van der Waals surface area contributed by atoms with Gasteiger partial charge in [0.2, 0.25) is 0 Å². The standard InChI is InChI=1S/C18H24N2O3/c1-11-12(2)23-17-8-14(3-4-16(17)22-11)18(21)19-15-7-13-5-6-20(9-13)10-15/h3-4,8,11-13,15H,5-7,9-10H2,1-2H3,(H,19,21)/t11-,12-,13+,15+/m1/s1. The van der Waals surface area contributed by atoms with Crippen molar-refractivity contribution in [2.45, 2.75) is 44.9 Å². The third kappa shape index (κ3) is 2.90. The van der Waals surface area contributed by atoms with Crippen LogP contribution in [0.5, 0.6) is 11.5 Å². The van der Waals surface area contributed by atoms with Crippen molar-refractivity contribution in [3.8, 4) is 11.5 Å². The summed E-state index contributed by atoms with van der Waals surface area (Å²) in [5.74, 6) is 2.11. The molecule has 2 saturated heterocycles. The number of benzene rings is 1. The molecule has 3 aliphatic rings. The average Bonchev–Trinajstić information content (AvgIpc) is 2.87. The highest BCUT2D eigenvalue weighted by Gasteiger charge is 2.33. The summed E-state index contributed by atoms with van der Waals surface area (Å²) >= 11 is 0. The lowest BCUT2D eigenvalue weighted by atomic mass is 9.96. The molecular weight excluding hydrogens is 292 g/mol. The van der Waals surface area contributed by atoms with E-state index < -0.39 is 0 Å². The normalized spacial score (nSPS) is 35.0. The lowest BCUT2D eigenvalue weighted by molar-refractivity contribution is 0.0428. The second-order valence-electron chi connectivity index (χ2n) is 7.13. The third-order valence-corrected chi connectivity index (χ3v) is 5.29.